The average molecular weight is 494 g/mol. The smallest absolute Gasteiger partial charge is 0.262 e. The Labute approximate surface area is 212 Å². The van der Waals surface area contributed by atoms with E-state index in [0.717, 1.165) is 51.8 Å². The highest BCUT2D eigenvalue weighted by molar-refractivity contribution is 7.08. The van der Waals surface area contributed by atoms with Crippen LogP contribution in [0.15, 0.2) is 77.5 Å². The van der Waals surface area contributed by atoms with E-state index in [2.05, 4.69) is 6.07 Å². The van der Waals surface area contributed by atoms with Crippen LogP contribution in [0.1, 0.15) is 29.3 Å². The third kappa shape index (κ3) is 3.78. The third-order valence-corrected chi connectivity index (χ3v) is 7.38. The van der Waals surface area contributed by atoms with E-state index in [-0.39, 0.29) is 29.0 Å². The predicted molar refractivity (Wildman–Crippen MR) is 143 cm³/mol. The number of nitrogens with zero attached hydrogens (tertiary/aromatic N) is 3. The minimum absolute atomic E-state index is 0.0332. The number of fused-ring (bicyclic) bond motifs is 2. The van der Waals surface area contributed by atoms with Gasteiger partial charge in [0.1, 0.15) is 11.5 Å². The number of thiophene rings is 1. The Balaban J connectivity index is 1.46. The van der Waals surface area contributed by atoms with Crippen LogP contribution in [0.25, 0.3) is 33.5 Å². The zero-order chi connectivity index (χ0) is 24.8. The summed E-state index contributed by atoms with van der Waals surface area (Å²) in [5.74, 6) is 0.0841. The van der Waals surface area contributed by atoms with Gasteiger partial charge >= 0.3 is 0 Å². The SMILES string of the molecule is C[C@H]1CCc2cc(-c3nc(-c4ccsc4)nc4ccccc34)ccc2N1C(=O)c1ccc(O)cc1O. The summed E-state index contributed by atoms with van der Waals surface area (Å²) in [5.41, 5.74) is 5.75. The molecular formula is C29H23N3O3S. The van der Waals surface area contributed by atoms with Gasteiger partial charge in [0.2, 0.25) is 0 Å². The first-order valence-corrected chi connectivity index (χ1v) is 12.7. The first-order valence-electron chi connectivity index (χ1n) is 11.8. The quantitative estimate of drug-likeness (QED) is 0.303. The molecule has 0 aliphatic carbocycles. The number of benzene rings is 3. The van der Waals surface area contributed by atoms with Gasteiger partial charge in [-0.05, 0) is 67.1 Å². The first-order chi connectivity index (χ1) is 17.5. The molecule has 0 bridgehead atoms. The number of hydrogen-bond acceptors (Lipinski definition) is 6. The minimum Gasteiger partial charge on any atom is -0.508 e. The van der Waals surface area contributed by atoms with E-state index in [1.807, 2.05) is 60.1 Å². The molecule has 5 aromatic rings. The molecule has 2 N–H and O–H groups in total. The summed E-state index contributed by atoms with van der Waals surface area (Å²) in [6.07, 6.45) is 1.63. The topological polar surface area (TPSA) is 86.6 Å². The van der Waals surface area contributed by atoms with Crippen molar-refractivity contribution in [3.8, 4) is 34.1 Å². The maximum Gasteiger partial charge on any atom is 0.262 e. The van der Waals surface area contributed by atoms with Crippen molar-refractivity contribution in [1.29, 1.82) is 0 Å². The van der Waals surface area contributed by atoms with Crippen molar-refractivity contribution in [1.82, 2.24) is 9.97 Å². The zero-order valence-electron chi connectivity index (χ0n) is 19.5. The van der Waals surface area contributed by atoms with Crippen molar-refractivity contribution in [2.24, 2.45) is 0 Å². The van der Waals surface area contributed by atoms with Gasteiger partial charge in [-0.3, -0.25) is 4.79 Å². The van der Waals surface area contributed by atoms with Gasteiger partial charge in [-0.1, -0.05) is 24.3 Å². The van der Waals surface area contributed by atoms with Crippen LogP contribution in [0.5, 0.6) is 11.5 Å². The van der Waals surface area contributed by atoms with Crippen molar-refractivity contribution >= 4 is 33.8 Å². The van der Waals surface area contributed by atoms with Crippen molar-refractivity contribution in [2.45, 2.75) is 25.8 Å². The van der Waals surface area contributed by atoms with Gasteiger partial charge < -0.3 is 15.1 Å². The molecule has 1 aliphatic rings. The fourth-order valence-electron chi connectivity index (χ4n) is 4.86. The number of rotatable bonds is 3. The average Bonchev–Trinajstić information content (AvgIpc) is 3.43. The number of carbonyl (C=O) groups excluding carboxylic acids is 1. The number of aromatic hydroxyl groups is 2. The van der Waals surface area contributed by atoms with E-state index in [1.54, 1.807) is 16.2 Å². The summed E-state index contributed by atoms with van der Waals surface area (Å²) in [6.45, 7) is 2.01. The second-order valence-electron chi connectivity index (χ2n) is 9.03. The van der Waals surface area contributed by atoms with Crippen LogP contribution in [0, 0.1) is 0 Å². The Hall–Kier alpha value is -4.23. The van der Waals surface area contributed by atoms with Crippen molar-refractivity contribution in [3.05, 3.63) is 88.6 Å². The molecule has 1 atom stereocenters. The maximum atomic E-state index is 13.5. The normalized spacial score (nSPS) is 15.1. The van der Waals surface area contributed by atoms with Crippen LogP contribution in [0.4, 0.5) is 5.69 Å². The van der Waals surface area contributed by atoms with E-state index in [1.165, 1.54) is 18.2 Å². The van der Waals surface area contributed by atoms with Crippen LogP contribution in [-0.2, 0) is 6.42 Å². The molecule has 6 nitrogen and oxygen atoms in total. The molecule has 1 amide bonds. The van der Waals surface area contributed by atoms with Gasteiger partial charge in [0.15, 0.2) is 5.82 Å². The molecule has 2 aromatic heterocycles. The molecule has 0 saturated carbocycles. The van der Waals surface area contributed by atoms with Gasteiger partial charge in [0.25, 0.3) is 5.91 Å². The van der Waals surface area contributed by atoms with Gasteiger partial charge in [0.05, 0.1) is 16.8 Å². The lowest BCUT2D eigenvalue weighted by Crippen LogP contribution is -2.42. The van der Waals surface area contributed by atoms with Crippen LogP contribution in [-0.4, -0.2) is 32.1 Å². The molecule has 0 radical (unpaired) electrons. The molecule has 0 spiro atoms. The number of aromatic nitrogens is 2. The zero-order valence-corrected chi connectivity index (χ0v) is 20.4. The number of anilines is 1. The van der Waals surface area contributed by atoms with Gasteiger partial charge in [-0.25, -0.2) is 9.97 Å². The summed E-state index contributed by atoms with van der Waals surface area (Å²) in [4.78, 5) is 25.0. The number of hydrogen-bond donors (Lipinski definition) is 2. The Morgan fingerprint density at radius 3 is 2.67 bits per heavy atom. The van der Waals surface area contributed by atoms with Gasteiger partial charge in [-0.15, -0.1) is 0 Å². The fraction of sp³-hybridized carbons (Fsp3) is 0.138. The second kappa shape index (κ2) is 8.77. The molecule has 7 heteroatoms. The van der Waals surface area contributed by atoms with Crippen molar-refractivity contribution in [3.63, 3.8) is 0 Å². The number of phenolic OH excluding ortho intramolecular Hbond substituents is 2. The number of amides is 1. The van der Waals surface area contributed by atoms with E-state index >= 15 is 0 Å². The van der Waals surface area contributed by atoms with Crippen molar-refractivity contribution in [2.75, 3.05) is 4.90 Å². The second-order valence-corrected chi connectivity index (χ2v) is 9.81. The number of para-hydroxylation sites is 1. The molecule has 0 unspecified atom stereocenters. The predicted octanol–water partition coefficient (Wildman–Crippen LogP) is 6.42. The summed E-state index contributed by atoms with van der Waals surface area (Å²) >= 11 is 1.61. The molecule has 0 fully saturated rings. The number of carbonyl (C=O) groups is 1. The lowest BCUT2D eigenvalue weighted by Gasteiger charge is -2.35. The molecule has 6 rings (SSSR count). The van der Waals surface area contributed by atoms with E-state index in [0.29, 0.717) is 5.82 Å². The Kier molecular flexibility index (Phi) is 5.42. The van der Waals surface area contributed by atoms with E-state index in [4.69, 9.17) is 9.97 Å². The minimum atomic E-state index is -0.291. The molecule has 36 heavy (non-hydrogen) atoms. The van der Waals surface area contributed by atoms with E-state index < -0.39 is 0 Å². The third-order valence-electron chi connectivity index (χ3n) is 6.70. The molecule has 3 aromatic carbocycles. The molecule has 0 saturated heterocycles. The molecule has 3 heterocycles. The Morgan fingerprint density at radius 2 is 1.86 bits per heavy atom. The van der Waals surface area contributed by atoms with E-state index in [9.17, 15) is 15.0 Å². The van der Waals surface area contributed by atoms with Crippen LogP contribution in [0.2, 0.25) is 0 Å². The van der Waals surface area contributed by atoms with Crippen LogP contribution in [0.3, 0.4) is 0 Å². The van der Waals surface area contributed by atoms with Crippen molar-refractivity contribution < 1.29 is 15.0 Å². The Morgan fingerprint density at radius 1 is 1.00 bits per heavy atom. The first kappa shape index (κ1) is 22.2. The summed E-state index contributed by atoms with van der Waals surface area (Å²) in [5, 5.41) is 25.0. The van der Waals surface area contributed by atoms with Gasteiger partial charge in [-0.2, -0.15) is 11.3 Å². The summed E-state index contributed by atoms with van der Waals surface area (Å²) in [6, 6.07) is 20.1. The maximum absolute atomic E-state index is 13.5. The highest BCUT2D eigenvalue weighted by Gasteiger charge is 2.31. The molecule has 178 valence electrons. The fourth-order valence-corrected chi connectivity index (χ4v) is 5.49. The lowest BCUT2D eigenvalue weighted by atomic mass is 9.92. The molecular weight excluding hydrogens is 470 g/mol. The van der Waals surface area contributed by atoms with Crippen LogP contribution >= 0.6 is 11.3 Å². The number of aryl methyl sites for hydroxylation is 1. The lowest BCUT2D eigenvalue weighted by molar-refractivity contribution is 0.0972. The summed E-state index contributed by atoms with van der Waals surface area (Å²) < 4.78 is 0. The van der Waals surface area contributed by atoms with Crippen LogP contribution < -0.4 is 4.90 Å². The summed E-state index contributed by atoms with van der Waals surface area (Å²) in [7, 11) is 0. The monoisotopic (exact) mass is 493 g/mol. The largest absolute Gasteiger partial charge is 0.508 e. The highest BCUT2D eigenvalue weighted by Crippen LogP contribution is 2.38. The molecule has 1 aliphatic heterocycles. The van der Waals surface area contributed by atoms with Gasteiger partial charge in [0, 0.05) is 39.7 Å². The Bertz CT molecular complexity index is 1610. The number of phenols is 2. The standard InChI is InChI=1S/C29H23N3O3S/c1-17-6-7-18-14-19(8-11-25(18)32(17)29(35)23-10-9-21(33)15-26(23)34)27-22-4-2-3-5-24(22)30-28(31-27)20-12-13-36-16-20/h2-5,8-17,33-34H,6-7H2,1H3/t17-/m0/s1. The highest BCUT2D eigenvalue weighted by atomic mass is 32.1.